The van der Waals surface area contributed by atoms with Crippen LogP contribution in [0.5, 0.6) is 11.5 Å². The fraction of sp³-hybridized carbons (Fsp3) is 0.370. The van der Waals surface area contributed by atoms with Crippen molar-refractivity contribution in [2.45, 2.75) is 26.4 Å². The molecule has 8 heteroatoms. The molecular formula is C27H24BrClN2O4. The fourth-order valence-electron chi connectivity index (χ4n) is 6.13. The van der Waals surface area contributed by atoms with Gasteiger partial charge in [-0.1, -0.05) is 42.0 Å². The van der Waals surface area contributed by atoms with E-state index in [0.717, 1.165) is 23.4 Å². The van der Waals surface area contributed by atoms with E-state index in [9.17, 15) is 9.59 Å². The molecule has 35 heavy (non-hydrogen) atoms. The summed E-state index contributed by atoms with van der Waals surface area (Å²) in [6, 6.07) is 11.1. The number of hydrazone groups is 1. The summed E-state index contributed by atoms with van der Waals surface area (Å²) in [5, 5.41) is 6.03. The van der Waals surface area contributed by atoms with Gasteiger partial charge in [-0.2, -0.15) is 10.1 Å². The number of hydrogen-bond donors (Lipinski definition) is 0. The quantitative estimate of drug-likeness (QED) is 0.253. The van der Waals surface area contributed by atoms with Gasteiger partial charge in [0.05, 0.1) is 29.1 Å². The summed E-state index contributed by atoms with van der Waals surface area (Å²) in [5.74, 6) is 0.566. The lowest BCUT2D eigenvalue weighted by atomic mass is 9.85. The number of amides is 2. The molecule has 1 heterocycles. The van der Waals surface area contributed by atoms with Gasteiger partial charge in [0.25, 0.3) is 11.8 Å². The Bertz CT molecular complexity index is 1250. The SMILES string of the molecule is CCOc1cc(/C=N\N2C(=O)[C@H]3[C@H](C2=O)[C@H]2C=C[C@H]3C23CC3)cc(Br)c1OCc1ccccc1Cl. The first-order valence-corrected chi connectivity index (χ1v) is 13.0. The normalized spacial score (nSPS) is 27.3. The first-order valence-electron chi connectivity index (χ1n) is 11.9. The van der Waals surface area contributed by atoms with E-state index >= 15 is 0 Å². The van der Waals surface area contributed by atoms with Crippen molar-refractivity contribution in [2.24, 2.45) is 34.2 Å². The van der Waals surface area contributed by atoms with Gasteiger partial charge in [0, 0.05) is 10.6 Å². The van der Waals surface area contributed by atoms with Crippen LogP contribution in [0.1, 0.15) is 30.9 Å². The van der Waals surface area contributed by atoms with Crippen molar-refractivity contribution in [3.63, 3.8) is 0 Å². The standard InChI is InChI=1S/C27H24BrClN2O4/c1-2-34-21-12-15(11-19(28)24(21)35-14-16-5-3-4-6-20(16)29)13-30-31-25(32)22-17-7-8-18(23(22)26(31)33)27(17)9-10-27/h3-8,11-13,17-18,22-23H,2,9-10,14H2,1H3/b30-13-/t17-,18-,22-,23-/m1/s1. The molecule has 6 rings (SSSR count). The van der Waals surface area contributed by atoms with E-state index in [1.807, 2.05) is 37.3 Å². The van der Waals surface area contributed by atoms with Gasteiger partial charge in [-0.05, 0) is 76.7 Å². The maximum absolute atomic E-state index is 13.2. The summed E-state index contributed by atoms with van der Waals surface area (Å²) < 4.78 is 12.5. The Morgan fingerprint density at radius 1 is 1.11 bits per heavy atom. The van der Waals surface area contributed by atoms with Gasteiger partial charge < -0.3 is 9.47 Å². The largest absolute Gasteiger partial charge is 0.490 e. The van der Waals surface area contributed by atoms with Crippen LogP contribution in [-0.4, -0.2) is 29.6 Å². The molecule has 2 amide bonds. The predicted molar refractivity (Wildman–Crippen MR) is 135 cm³/mol. The lowest BCUT2D eigenvalue weighted by Crippen LogP contribution is -2.30. The zero-order chi connectivity index (χ0) is 24.3. The Kier molecular flexibility index (Phi) is 5.53. The van der Waals surface area contributed by atoms with Crippen molar-refractivity contribution in [2.75, 3.05) is 6.61 Å². The van der Waals surface area contributed by atoms with Crippen molar-refractivity contribution < 1.29 is 19.1 Å². The van der Waals surface area contributed by atoms with E-state index < -0.39 is 0 Å². The molecule has 3 fully saturated rings. The number of ether oxygens (including phenoxy) is 2. The average Bonchev–Trinajstić information content (AvgIpc) is 3.44. The Balaban J connectivity index is 1.22. The fourth-order valence-corrected chi connectivity index (χ4v) is 6.90. The Morgan fingerprint density at radius 2 is 1.80 bits per heavy atom. The third-order valence-electron chi connectivity index (χ3n) is 7.81. The van der Waals surface area contributed by atoms with Crippen molar-refractivity contribution >= 4 is 45.6 Å². The topological polar surface area (TPSA) is 68.2 Å². The number of halogens is 2. The zero-order valence-electron chi connectivity index (χ0n) is 19.1. The highest BCUT2D eigenvalue weighted by Gasteiger charge is 2.73. The molecule has 6 nitrogen and oxygen atoms in total. The zero-order valence-corrected chi connectivity index (χ0v) is 21.5. The molecule has 4 atom stereocenters. The third kappa shape index (κ3) is 3.54. The number of benzene rings is 2. The van der Waals surface area contributed by atoms with Gasteiger partial charge in [-0.25, -0.2) is 0 Å². The number of carbonyl (C=O) groups excluding carboxylic acids is 2. The summed E-state index contributed by atoms with van der Waals surface area (Å²) in [6.45, 7) is 2.62. The van der Waals surface area contributed by atoms with Crippen LogP contribution < -0.4 is 9.47 Å². The molecule has 180 valence electrons. The number of allylic oxidation sites excluding steroid dienone is 2. The number of hydrogen-bond acceptors (Lipinski definition) is 5. The molecule has 2 saturated carbocycles. The average molecular weight is 556 g/mol. The number of carbonyl (C=O) groups is 2. The molecule has 2 aromatic carbocycles. The molecule has 0 aromatic heterocycles. The van der Waals surface area contributed by atoms with E-state index in [1.165, 1.54) is 6.21 Å². The van der Waals surface area contributed by atoms with Gasteiger partial charge in [0.2, 0.25) is 0 Å². The van der Waals surface area contributed by atoms with E-state index in [4.69, 9.17) is 21.1 Å². The van der Waals surface area contributed by atoms with Crippen LogP contribution in [0.4, 0.5) is 0 Å². The highest BCUT2D eigenvalue weighted by molar-refractivity contribution is 9.10. The summed E-state index contributed by atoms with van der Waals surface area (Å²) in [5.41, 5.74) is 1.72. The monoisotopic (exact) mass is 554 g/mol. The molecule has 4 aliphatic rings. The van der Waals surface area contributed by atoms with Gasteiger partial charge >= 0.3 is 0 Å². The first kappa shape index (κ1) is 22.8. The second-order valence-electron chi connectivity index (χ2n) is 9.60. The Morgan fingerprint density at radius 3 is 2.43 bits per heavy atom. The number of imide groups is 1. The van der Waals surface area contributed by atoms with Crippen LogP contribution in [-0.2, 0) is 16.2 Å². The third-order valence-corrected chi connectivity index (χ3v) is 8.77. The molecule has 0 unspecified atom stereocenters. The molecule has 2 bridgehead atoms. The van der Waals surface area contributed by atoms with E-state index in [2.05, 4.69) is 33.2 Å². The minimum Gasteiger partial charge on any atom is -0.490 e. The molecular weight excluding hydrogens is 532 g/mol. The van der Waals surface area contributed by atoms with Crippen molar-refractivity contribution in [1.82, 2.24) is 5.01 Å². The maximum atomic E-state index is 13.2. The van der Waals surface area contributed by atoms with E-state index in [1.54, 1.807) is 6.07 Å². The first-order chi connectivity index (χ1) is 16.9. The molecule has 3 aliphatic carbocycles. The highest BCUT2D eigenvalue weighted by atomic mass is 79.9. The Labute approximate surface area is 217 Å². The summed E-state index contributed by atoms with van der Waals surface area (Å²) >= 11 is 9.82. The lowest BCUT2D eigenvalue weighted by Gasteiger charge is -2.18. The van der Waals surface area contributed by atoms with Crippen LogP contribution >= 0.6 is 27.5 Å². The van der Waals surface area contributed by atoms with Crippen molar-refractivity contribution in [3.05, 3.63) is 69.2 Å². The maximum Gasteiger partial charge on any atom is 0.254 e. The molecule has 2 aromatic rings. The van der Waals surface area contributed by atoms with Crippen LogP contribution in [0.15, 0.2) is 58.1 Å². The second kappa shape index (κ2) is 8.49. The van der Waals surface area contributed by atoms with Gasteiger partial charge in [0.1, 0.15) is 6.61 Å². The minimum atomic E-state index is -0.261. The smallest absolute Gasteiger partial charge is 0.254 e. The predicted octanol–water partition coefficient (Wildman–Crippen LogP) is 5.61. The number of fused-ring (bicyclic) bond motifs is 3. The Hall–Kier alpha value is -2.64. The molecule has 1 saturated heterocycles. The van der Waals surface area contributed by atoms with Crippen LogP contribution in [0.25, 0.3) is 0 Å². The summed E-state index contributed by atoms with van der Waals surface area (Å²) in [4.78, 5) is 26.3. The van der Waals surface area contributed by atoms with Crippen LogP contribution in [0.2, 0.25) is 5.02 Å². The lowest BCUT2D eigenvalue weighted by molar-refractivity contribution is -0.141. The van der Waals surface area contributed by atoms with Gasteiger partial charge in [0.15, 0.2) is 11.5 Å². The molecule has 1 spiro atoms. The van der Waals surface area contributed by atoms with Gasteiger partial charge in [-0.15, -0.1) is 0 Å². The minimum absolute atomic E-state index is 0.174. The van der Waals surface area contributed by atoms with Crippen molar-refractivity contribution in [1.29, 1.82) is 0 Å². The molecule has 0 radical (unpaired) electrons. The van der Waals surface area contributed by atoms with E-state index in [-0.39, 0.29) is 47.5 Å². The second-order valence-corrected chi connectivity index (χ2v) is 10.9. The summed E-state index contributed by atoms with van der Waals surface area (Å²) in [6.07, 6.45) is 8.08. The number of nitrogens with zero attached hydrogens (tertiary/aromatic N) is 2. The van der Waals surface area contributed by atoms with E-state index in [0.29, 0.717) is 33.2 Å². The molecule has 0 N–H and O–H groups in total. The van der Waals surface area contributed by atoms with Gasteiger partial charge in [-0.3, -0.25) is 9.59 Å². The number of rotatable bonds is 7. The van der Waals surface area contributed by atoms with Crippen LogP contribution in [0, 0.1) is 29.1 Å². The van der Waals surface area contributed by atoms with Crippen LogP contribution in [0.3, 0.4) is 0 Å². The summed E-state index contributed by atoms with van der Waals surface area (Å²) in [7, 11) is 0. The van der Waals surface area contributed by atoms with Crippen molar-refractivity contribution in [3.8, 4) is 11.5 Å². The highest BCUT2D eigenvalue weighted by Crippen LogP contribution is 2.73. The molecule has 1 aliphatic heterocycles.